The van der Waals surface area contributed by atoms with Gasteiger partial charge in [0.15, 0.2) is 0 Å². The van der Waals surface area contributed by atoms with Gasteiger partial charge >= 0.3 is 0 Å². The number of nitrogens with one attached hydrogen (secondary N) is 2. The summed E-state index contributed by atoms with van der Waals surface area (Å²) in [4.78, 5) is 30.2. The Hall–Kier alpha value is -3.27. The molecule has 2 aliphatic heterocycles. The number of benzene rings is 3. The number of carbonyl (C=O) groups is 2. The Morgan fingerprint density at radius 2 is 1.67 bits per heavy atom. The third-order valence-electron chi connectivity index (χ3n) is 8.14. The molecule has 2 heterocycles. The zero-order valence-corrected chi connectivity index (χ0v) is 23.5. The van der Waals surface area contributed by atoms with E-state index in [0.717, 1.165) is 24.9 Å². The minimum Gasteiger partial charge on any atom is -0.341 e. The number of likely N-dealkylation sites (tertiary alicyclic amines) is 2. The average molecular weight is 549 g/mol. The molecule has 5 rings (SSSR count). The predicted octanol–water partition coefficient (Wildman–Crippen LogP) is 4.01. The van der Waals surface area contributed by atoms with Crippen LogP contribution in [0.5, 0.6) is 0 Å². The standard InChI is InChI=1S/C30H36N4O4S/c1-20-9-4-5-10-22(20)29(35)31-26-13-6-12-24-23(26)11-7-15-28(24)39(37,38)32-25-16-18-34(19-21(25)2)30(36)27-14-8-17-33(27)3/h4-7,9-13,15,21,25,27,32H,8,14,16-19H2,1-3H3,(H,31,35)/t21-,25-,27-/m0/s1. The minimum absolute atomic E-state index is 0.0249. The second-order valence-corrected chi connectivity index (χ2v) is 12.5. The Bertz CT molecular complexity index is 1510. The number of hydrogen-bond donors (Lipinski definition) is 2. The number of aryl methyl sites for hydroxylation is 1. The van der Waals surface area contributed by atoms with Crippen molar-refractivity contribution in [2.75, 3.05) is 32.0 Å². The van der Waals surface area contributed by atoms with Crippen molar-refractivity contribution in [2.45, 2.75) is 50.1 Å². The van der Waals surface area contributed by atoms with E-state index in [9.17, 15) is 18.0 Å². The van der Waals surface area contributed by atoms with Gasteiger partial charge in [-0.3, -0.25) is 14.5 Å². The highest BCUT2D eigenvalue weighted by atomic mass is 32.2. The van der Waals surface area contributed by atoms with Crippen molar-refractivity contribution in [3.8, 4) is 0 Å². The first-order valence-corrected chi connectivity index (χ1v) is 15.0. The molecule has 2 saturated heterocycles. The van der Waals surface area contributed by atoms with Gasteiger partial charge in [-0.05, 0) is 69.5 Å². The molecule has 0 spiro atoms. The molecular formula is C30H36N4O4S. The molecule has 0 bridgehead atoms. The van der Waals surface area contributed by atoms with Gasteiger partial charge in [-0.1, -0.05) is 49.4 Å². The molecule has 8 nitrogen and oxygen atoms in total. The number of rotatable bonds is 6. The molecule has 0 radical (unpaired) electrons. The minimum atomic E-state index is -3.86. The van der Waals surface area contributed by atoms with Gasteiger partial charge in [-0.2, -0.15) is 0 Å². The van der Waals surface area contributed by atoms with Crippen LogP contribution in [0.4, 0.5) is 5.69 Å². The summed E-state index contributed by atoms with van der Waals surface area (Å²) in [7, 11) is -1.87. The second kappa shape index (κ2) is 11.1. The topological polar surface area (TPSA) is 98.8 Å². The first kappa shape index (κ1) is 27.3. The molecule has 3 aromatic carbocycles. The molecule has 3 aromatic rings. The van der Waals surface area contributed by atoms with E-state index in [1.54, 1.807) is 36.4 Å². The van der Waals surface area contributed by atoms with E-state index in [4.69, 9.17) is 0 Å². The van der Waals surface area contributed by atoms with E-state index < -0.39 is 10.0 Å². The Balaban J connectivity index is 1.33. The van der Waals surface area contributed by atoms with Crippen LogP contribution < -0.4 is 10.0 Å². The van der Waals surface area contributed by atoms with Gasteiger partial charge in [0.05, 0.1) is 10.9 Å². The number of sulfonamides is 1. The molecule has 0 unspecified atom stereocenters. The Labute approximate surface area is 230 Å². The van der Waals surface area contributed by atoms with Crippen LogP contribution in [0.25, 0.3) is 10.8 Å². The van der Waals surface area contributed by atoms with Gasteiger partial charge in [0.25, 0.3) is 5.91 Å². The third-order valence-corrected chi connectivity index (χ3v) is 9.69. The largest absolute Gasteiger partial charge is 0.341 e. The van der Waals surface area contributed by atoms with E-state index in [2.05, 4.69) is 14.9 Å². The van der Waals surface area contributed by atoms with Gasteiger partial charge in [-0.25, -0.2) is 13.1 Å². The number of piperidine rings is 1. The average Bonchev–Trinajstić information content (AvgIpc) is 3.35. The highest BCUT2D eigenvalue weighted by Crippen LogP contribution is 2.30. The zero-order chi connectivity index (χ0) is 27.7. The maximum absolute atomic E-state index is 13.6. The molecule has 2 amide bonds. The van der Waals surface area contributed by atoms with Crippen LogP contribution in [0, 0.1) is 12.8 Å². The summed E-state index contributed by atoms with van der Waals surface area (Å²) in [6.07, 6.45) is 2.47. The monoisotopic (exact) mass is 548 g/mol. The van der Waals surface area contributed by atoms with Crippen LogP contribution in [0.15, 0.2) is 65.6 Å². The molecule has 2 N–H and O–H groups in total. The van der Waals surface area contributed by atoms with Gasteiger partial charge in [0.2, 0.25) is 15.9 Å². The fourth-order valence-electron chi connectivity index (χ4n) is 5.86. The number of likely N-dealkylation sites (N-methyl/N-ethyl adjacent to an activating group) is 1. The van der Waals surface area contributed by atoms with Crippen molar-refractivity contribution < 1.29 is 18.0 Å². The van der Waals surface area contributed by atoms with Crippen LogP contribution in [0.3, 0.4) is 0 Å². The lowest BCUT2D eigenvalue weighted by molar-refractivity contribution is -0.137. The van der Waals surface area contributed by atoms with E-state index in [-0.39, 0.29) is 34.7 Å². The zero-order valence-electron chi connectivity index (χ0n) is 22.7. The molecule has 0 aliphatic carbocycles. The van der Waals surface area contributed by atoms with E-state index >= 15 is 0 Å². The lowest BCUT2D eigenvalue weighted by Gasteiger charge is -2.39. The molecule has 206 valence electrons. The lowest BCUT2D eigenvalue weighted by atomic mass is 9.94. The summed E-state index contributed by atoms with van der Waals surface area (Å²) in [6.45, 7) is 5.87. The maximum atomic E-state index is 13.6. The number of hydrogen-bond acceptors (Lipinski definition) is 5. The fourth-order valence-corrected chi connectivity index (χ4v) is 7.46. The summed E-state index contributed by atoms with van der Waals surface area (Å²) in [5, 5.41) is 4.14. The van der Waals surface area contributed by atoms with E-state index in [1.807, 2.05) is 50.1 Å². The number of nitrogens with zero attached hydrogens (tertiary/aromatic N) is 2. The lowest BCUT2D eigenvalue weighted by Crippen LogP contribution is -2.54. The van der Waals surface area contributed by atoms with Crippen molar-refractivity contribution in [1.82, 2.24) is 14.5 Å². The van der Waals surface area contributed by atoms with Gasteiger partial charge in [0.1, 0.15) is 0 Å². The third kappa shape index (κ3) is 5.57. The molecule has 0 aromatic heterocycles. The van der Waals surface area contributed by atoms with Crippen molar-refractivity contribution in [3.05, 3.63) is 71.8 Å². The van der Waals surface area contributed by atoms with Gasteiger partial charge in [0, 0.05) is 41.2 Å². The van der Waals surface area contributed by atoms with Crippen LogP contribution in [-0.2, 0) is 14.8 Å². The summed E-state index contributed by atoms with van der Waals surface area (Å²) in [5.41, 5.74) is 1.98. The van der Waals surface area contributed by atoms with Crippen LogP contribution in [-0.4, -0.2) is 68.8 Å². The highest BCUT2D eigenvalue weighted by Gasteiger charge is 2.37. The normalized spacial score (nSPS) is 22.2. The van der Waals surface area contributed by atoms with Crippen molar-refractivity contribution in [1.29, 1.82) is 0 Å². The molecule has 2 aliphatic rings. The maximum Gasteiger partial charge on any atom is 0.255 e. The summed E-state index contributed by atoms with van der Waals surface area (Å²) >= 11 is 0. The van der Waals surface area contributed by atoms with Crippen molar-refractivity contribution in [3.63, 3.8) is 0 Å². The van der Waals surface area contributed by atoms with Crippen molar-refractivity contribution >= 4 is 38.3 Å². The Morgan fingerprint density at radius 3 is 2.38 bits per heavy atom. The second-order valence-electron chi connectivity index (χ2n) is 10.8. The quantitative estimate of drug-likeness (QED) is 0.485. The number of fused-ring (bicyclic) bond motifs is 1. The first-order chi connectivity index (χ1) is 18.7. The SMILES string of the molecule is Cc1ccccc1C(=O)Nc1cccc2c(S(=O)(=O)N[C@H]3CCN(C(=O)[C@@H]4CCCN4C)C[C@@H]3C)cccc12. The van der Waals surface area contributed by atoms with Gasteiger partial charge in [-0.15, -0.1) is 0 Å². The molecule has 3 atom stereocenters. The van der Waals surface area contributed by atoms with Crippen LogP contribution in [0.2, 0.25) is 0 Å². The molecular weight excluding hydrogens is 512 g/mol. The van der Waals surface area contributed by atoms with Gasteiger partial charge < -0.3 is 10.2 Å². The fraction of sp³-hybridized carbons (Fsp3) is 0.400. The first-order valence-electron chi connectivity index (χ1n) is 13.6. The molecule has 2 fully saturated rings. The Kier molecular flexibility index (Phi) is 7.75. The summed E-state index contributed by atoms with van der Waals surface area (Å²) in [5.74, 6) is -0.119. The van der Waals surface area contributed by atoms with Crippen LogP contribution >= 0.6 is 0 Å². The molecule has 0 saturated carbocycles. The number of amides is 2. The summed E-state index contributed by atoms with van der Waals surface area (Å²) < 4.78 is 30.2. The molecule has 9 heteroatoms. The summed E-state index contributed by atoms with van der Waals surface area (Å²) in [6, 6.07) is 17.4. The Morgan fingerprint density at radius 1 is 0.923 bits per heavy atom. The van der Waals surface area contributed by atoms with Crippen LogP contribution in [0.1, 0.15) is 42.1 Å². The number of anilines is 1. The number of carbonyl (C=O) groups excluding carboxylic acids is 2. The van der Waals surface area contributed by atoms with E-state index in [0.29, 0.717) is 41.5 Å². The molecule has 39 heavy (non-hydrogen) atoms. The predicted molar refractivity (Wildman–Crippen MR) is 153 cm³/mol. The van der Waals surface area contributed by atoms with E-state index in [1.165, 1.54) is 0 Å². The highest BCUT2D eigenvalue weighted by molar-refractivity contribution is 7.89. The van der Waals surface area contributed by atoms with Crippen molar-refractivity contribution in [2.24, 2.45) is 5.92 Å². The smallest absolute Gasteiger partial charge is 0.255 e.